The van der Waals surface area contributed by atoms with Crippen molar-refractivity contribution in [2.45, 2.75) is 38.8 Å². The van der Waals surface area contributed by atoms with E-state index >= 15 is 0 Å². The Labute approximate surface area is 90.5 Å². The molecule has 1 aliphatic carbocycles. The zero-order valence-electron chi connectivity index (χ0n) is 9.11. The fraction of sp³-hybridized carbons (Fsp3) is 0.583. The fourth-order valence-corrected chi connectivity index (χ4v) is 2.25. The summed E-state index contributed by atoms with van der Waals surface area (Å²) in [6.45, 7) is 2.37. The van der Waals surface area contributed by atoms with E-state index in [1.165, 1.54) is 19.3 Å². The Kier molecular flexibility index (Phi) is 3.21. The summed E-state index contributed by atoms with van der Waals surface area (Å²) < 4.78 is 0. The molecule has 1 aromatic rings. The second-order valence-electron chi connectivity index (χ2n) is 4.45. The number of aliphatic hydroxyl groups is 1. The van der Waals surface area contributed by atoms with Crippen LogP contribution >= 0.6 is 0 Å². The first-order valence-corrected chi connectivity index (χ1v) is 5.60. The van der Waals surface area contributed by atoms with Gasteiger partial charge in [0.15, 0.2) is 0 Å². The minimum absolute atomic E-state index is 0.0765. The molecule has 1 heterocycles. The van der Waals surface area contributed by atoms with Crippen LogP contribution in [-0.4, -0.2) is 16.1 Å². The van der Waals surface area contributed by atoms with Crippen molar-refractivity contribution in [3.63, 3.8) is 0 Å². The van der Waals surface area contributed by atoms with E-state index in [0.29, 0.717) is 6.04 Å². The average Bonchev–Trinajstić information content (AvgIpc) is 2.65. The fourth-order valence-electron chi connectivity index (χ4n) is 2.25. The lowest BCUT2D eigenvalue weighted by Crippen LogP contribution is -2.16. The molecule has 0 aliphatic heterocycles. The van der Waals surface area contributed by atoms with Crippen LogP contribution in [0.2, 0.25) is 0 Å². The molecular weight excluding hydrogens is 188 g/mol. The lowest BCUT2D eigenvalue weighted by Gasteiger charge is -2.15. The van der Waals surface area contributed by atoms with Crippen LogP contribution in [0.4, 0.5) is 5.69 Å². The molecule has 2 atom stereocenters. The summed E-state index contributed by atoms with van der Waals surface area (Å²) in [5.74, 6) is 0.816. The topological polar surface area (TPSA) is 45.2 Å². The zero-order valence-corrected chi connectivity index (χ0v) is 9.11. The monoisotopic (exact) mass is 206 g/mol. The Bertz CT molecular complexity index is 327. The molecule has 3 heteroatoms. The van der Waals surface area contributed by atoms with E-state index in [2.05, 4.69) is 17.2 Å². The zero-order chi connectivity index (χ0) is 10.7. The van der Waals surface area contributed by atoms with Crippen LogP contribution in [0.25, 0.3) is 0 Å². The van der Waals surface area contributed by atoms with Gasteiger partial charge in [0.05, 0.1) is 18.5 Å². The second-order valence-corrected chi connectivity index (χ2v) is 4.45. The van der Waals surface area contributed by atoms with Crippen molar-refractivity contribution in [1.82, 2.24) is 4.98 Å². The molecule has 2 unspecified atom stereocenters. The summed E-state index contributed by atoms with van der Waals surface area (Å²) in [6.07, 6.45) is 7.26. The molecule has 2 rings (SSSR count). The molecule has 3 nitrogen and oxygen atoms in total. The molecule has 1 fully saturated rings. The highest BCUT2D eigenvalue weighted by Crippen LogP contribution is 2.28. The molecule has 1 aliphatic rings. The second kappa shape index (κ2) is 4.62. The number of hydrogen-bond acceptors (Lipinski definition) is 3. The number of anilines is 1. The largest absolute Gasteiger partial charge is 0.392 e. The number of rotatable bonds is 3. The maximum absolute atomic E-state index is 9.18. The lowest BCUT2D eigenvalue weighted by molar-refractivity contribution is 0.282. The van der Waals surface area contributed by atoms with Crippen LogP contribution < -0.4 is 5.32 Å². The van der Waals surface area contributed by atoms with Gasteiger partial charge in [-0.3, -0.25) is 4.98 Å². The molecule has 0 spiro atoms. The van der Waals surface area contributed by atoms with Gasteiger partial charge >= 0.3 is 0 Å². The third kappa shape index (κ3) is 2.48. The lowest BCUT2D eigenvalue weighted by atomic mass is 10.1. The van der Waals surface area contributed by atoms with E-state index in [-0.39, 0.29) is 6.61 Å². The third-order valence-electron chi connectivity index (χ3n) is 3.14. The number of nitrogens with zero attached hydrogens (tertiary/aromatic N) is 1. The highest BCUT2D eigenvalue weighted by atomic mass is 16.3. The van der Waals surface area contributed by atoms with Gasteiger partial charge in [0, 0.05) is 17.8 Å². The Morgan fingerprint density at radius 1 is 1.53 bits per heavy atom. The molecule has 0 saturated heterocycles. The van der Waals surface area contributed by atoms with Gasteiger partial charge in [-0.25, -0.2) is 0 Å². The molecule has 0 bridgehead atoms. The summed E-state index contributed by atoms with van der Waals surface area (Å²) in [5.41, 5.74) is 1.92. The van der Waals surface area contributed by atoms with E-state index in [0.717, 1.165) is 17.2 Å². The quantitative estimate of drug-likeness (QED) is 0.796. The van der Waals surface area contributed by atoms with Crippen LogP contribution in [0.5, 0.6) is 0 Å². The number of aromatic nitrogens is 1. The smallest absolute Gasteiger partial charge is 0.0703 e. The molecule has 0 amide bonds. The summed E-state index contributed by atoms with van der Waals surface area (Å²) in [4.78, 5) is 4.08. The van der Waals surface area contributed by atoms with Crippen molar-refractivity contribution in [2.75, 3.05) is 5.32 Å². The molecule has 15 heavy (non-hydrogen) atoms. The van der Waals surface area contributed by atoms with Crippen LogP contribution in [0.1, 0.15) is 31.7 Å². The molecule has 1 aromatic heterocycles. The first kappa shape index (κ1) is 10.4. The number of nitrogens with one attached hydrogen (secondary N) is 1. The van der Waals surface area contributed by atoms with Crippen LogP contribution in [0.15, 0.2) is 18.5 Å². The predicted molar refractivity (Wildman–Crippen MR) is 60.6 cm³/mol. The molecule has 1 saturated carbocycles. The number of hydrogen-bond donors (Lipinski definition) is 2. The van der Waals surface area contributed by atoms with Gasteiger partial charge in [0.1, 0.15) is 0 Å². The highest BCUT2D eigenvalue weighted by Gasteiger charge is 2.21. The van der Waals surface area contributed by atoms with Crippen LogP contribution in [-0.2, 0) is 6.61 Å². The van der Waals surface area contributed by atoms with Gasteiger partial charge in [0.25, 0.3) is 0 Å². The molecule has 0 aromatic carbocycles. The molecule has 2 N–H and O–H groups in total. The summed E-state index contributed by atoms with van der Waals surface area (Å²) in [5, 5.41) is 12.6. The van der Waals surface area contributed by atoms with Gasteiger partial charge in [0.2, 0.25) is 0 Å². The maximum atomic E-state index is 9.18. The van der Waals surface area contributed by atoms with E-state index in [9.17, 15) is 5.11 Å². The average molecular weight is 206 g/mol. The molecule has 82 valence electrons. The summed E-state index contributed by atoms with van der Waals surface area (Å²) in [7, 11) is 0. The number of pyridine rings is 1. The standard InChI is InChI=1S/C12H18N2O/c1-9-2-3-11(6-9)14-12-7-13-5-4-10(12)8-15/h4-5,7,9,11,14-15H,2-3,6,8H2,1H3. The van der Waals surface area contributed by atoms with Crippen molar-refractivity contribution < 1.29 is 5.11 Å². The van der Waals surface area contributed by atoms with Crippen molar-refractivity contribution in [2.24, 2.45) is 5.92 Å². The SMILES string of the molecule is CC1CCC(Nc2cnccc2CO)C1. The predicted octanol–water partition coefficient (Wildman–Crippen LogP) is 2.17. The van der Waals surface area contributed by atoms with Crippen LogP contribution in [0.3, 0.4) is 0 Å². The van der Waals surface area contributed by atoms with Gasteiger partial charge in [-0.1, -0.05) is 6.92 Å². The normalized spacial score (nSPS) is 25.5. The minimum atomic E-state index is 0.0765. The first-order valence-electron chi connectivity index (χ1n) is 5.60. The van der Waals surface area contributed by atoms with Gasteiger partial charge in [-0.15, -0.1) is 0 Å². The summed E-state index contributed by atoms with van der Waals surface area (Å²) >= 11 is 0. The third-order valence-corrected chi connectivity index (χ3v) is 3.14. The van der Waals surface area contributed by atoms with Crippen molar-refractivity contribution in [3.05, 3.63) is 24.0 Å². The Morgan fingerprint density at radius 2 is 2.40 bits per heavy atom. The van der Waals surface area contributed by atoms with Crippen molar-refractivity contribution in [3.8, 4) is 0 Å². The van der Waals surface area contributed by atoms with Gasteiger partial charge in [-0.2, -0.15) is 0 Å². The molecular formula is C12H18N2O. The Hall–Kier alpha value is -1.09. The number of aliphatic hydroxyl groups excluding tert-OH is 1. The first-order chi connectivity index (χ1) is 7.29. The minimum Gasteiger partial charge on any atom is -0.392 e. The molecule has 0 radical (unpaired) electrons. The van der Waals surface area contributed by atoms with E-state index in [1.807, 2.05) is 6.07 Å². The maximum Gasteiger partial charge on any atom is 0.0703 e. The highest BCUT2D eigenvalue weighted by molar-refractivity contribution is 5.49. The summed E-state index contributed by atoms with van der Waals surface area (Å²) in [6, 6.07) is 2.41. The van der Waals surface area contributed by atoms with Crippen LogP contribution in [0, 0.1) is 5.92 Å². The Morgan fingerprint density at radius 3 is 3.07 bits per heavy atom. The van der Waals surface area contributed by atoms with Gasteiger partial charge in [-0.05, 0) is 31.2 Å². The van der Waals surface area contributed by atoms with E-state index < -0.39 is 0 Å². The van der Waals surface area contributed by atoms with Gasteiger partial charge < -0.3 is 10.4 Å². The van der Waals surface area contributed by atoms with Crippen molar-refractivity contribution in [1.29, 1.82) is 0 Å². The van der Waals surface area contributed by atoms with E-state index in [4.69, 9.17) is 0 Å². The van der Waals surface area contributed by atoms with Crippen molar-refractivity contribution >= 4 is 5.69 Å². The van der Waals surface area contributed by atoms with E-state index in [1.54, 1.807) is 12.4 Å². The Balaban J connectivity index is 2.04.